The first kappa shape index (κ1) is 17.5. The van der Waals surface area contributed by atoms with E-state index in [4.69, 9.17) is 14.2 Å². The summed E-state index contributed by atoms with van der Waals surface area (Å²) in [5.74, 6) is 1.23. The molecule has 0 unspecified atom stereocenters. The first-order valence-corrected chi connectivity index (χ1v) is 8.33. The van der Waals surface area contributed by atoms with E-state index in [0.29, 0.717) is 17.9 Å². The molecule has 0 spiro atoms. The predicted octanol–water partition coefficient (Wildman–Crippen LogP) is 4.63. The highest BCUT2D eigenvalue weighted by atomic mass is 16.5. The van der Waals surface area contributed by atoms with Crippen LogP contribution >= 0.6 is 0 Å². The van der Waals surface area contributed by atoms with E-state index in [2.05, 4.69) is 4.98 Å². The topological polar surface area (TPSA) is 57.7 Å². The molecule has 132 valence electrons. The smallest absolute Gasteiger partial charge is 0.343 e. The van der Waals surface area contributed by atoms with Crippen molar-refractivity contribution in [3.8, 4) is 17.4 Å². The molecule has 0 bridgehead atoms. The SMILES string of the molecule is CCOc1ncccc1C(=O)OCc1cccc(Oc2ccccc2)c1. The summed E-state index contributed by atoms with van der Waals surface area (Å²) in [7, 11) is 0. The van der Waals surface area contributed by atoms with Crippen LogP contribution in [0.25, 0.3) is 0 Å². The molecule has 0 saturated carbocycles. The number of benzene rings is 2. The first-order chi connectivity index (χ1) is 12.8. The van der Waals surface area contributed by atoms with E-state index >= 15 is 0 Å². The van der Waals surface area contributed by atoms with Gasteiger partial charge in [-0.25, -0.2) is 9.78 Å². The minimum absolute atomic E-state index is 0.130. The van der Waals surface area contributed by atoms with Crippen molar-refractivity contribution in [2.24, 2.45) is 0 Å². The van der Waals surface area contributed by atoms with Gasteiger partial charge in [-0.15, -0.1) is 0 Å². The average Bonchev–Trinajstić information content (AvgIpc) is 2.68. The number of rotatable bonds is 7. The maximum absolute atomic E-state index is 12.3. The van der Waals surface area contributed by atoms with Crippen molar-refractivity contribution in [1.82, 2.24) is 4.98 Å². The standard InChI is InChI=1S/C21H19NO4/c1-2-24-20-19(12-7-13-22-20)21(23)25-15-16-8-6-11-18(14-16)26-17-9-4-3-5-10-17/h3-14H,2,15H2,1H3. The second-order valence-corrected chi connectivity index (χ2v) is 5.43. The van der Waals surface area contributed by atoms with Crippen LogP contribution in [0.1, 0.15) is 22.8 Å². The fourth-order valence-corrected chi connectivity index (χ4v) is 2.35. The third-order valence-corrected chi connectivity index (χ3v) is 3.52. The van der Waals surface area contributed by atoms with Crippen LogP contribution in [-0.4, -0.2) is 17.6 Å². The summed E-state index contributed by atoms with van der Waals surface area (Å²) in [6.07, 6.45) is 1.58. The maximum atomic E-state index is 12.3. The van der Waals surface area contributed by atoms with E-state index in [1.165, 1.54) is 0 Å². The fraction of sp³-hybridized carbons (Fsp3) is 0.143. The van der Waals surface area contributed by atoms with Crippen molar-refractivity contribution in [2.45, 2.75) is 13.5 Å². The Kier molecular flexibility index (Phi) is 5.83. The number of carbonyl (C=O) groups excluding carboxylic acids is 1. The largest absolute Gasteiger partial charge is 0.477 e. The second kappa shape index (κ2) is 8.67. The molecule has 5 nitrogen and oxygen atoms in total. The maximum Gasteiger partial charge on any atom is 0.343 e. The summed E-state index contributed by atoms with van der Waals surface area (Å²) in [5, 5.41) is 0. The van der Waals surface area contributed by atoms with Gasteiger partial charge in [-0.1, -0.05) is 30.3 Å². The van der Waals surface area contributed by atoms with E-state index < -0.39 is 5.97 Å². The Morgan fingerprint density at radius 3 is 2.58 bits per heavy atom. The molecule has 1 aromatic heterocycles. The van der Waals surface area contributed by atoms with Gasteiger partial charge in [0.2, 0.25) is 5.88 Å². The Bertz CT molecular complexity index is 865. The van der Waals surface area contributed by atoms with Crippen molar-refractivity contribution in [2.75, 3.05) is 6.61 Å². The van der Waals surface area contributed by atoms with Gasteiger partial charge in [0, 0.05) is 6.20 Å². The number of hydrogen-bond donors (Lipinski definition) is 0. The van der Waals surface area contributed by atoms with E-state index in [1.54, 1.807) is 18.3 Å². The van der Waals surface area contributed by atoms with Crippen LogP contribution in [-0.2, 0) is 11.3 Å². The Morgan fingerprint density at radius 2 is 1.77 bits per heavy atom. The molecule has 0 aliphatic heterocycles. The summed E-state index contributed by atoms with van der Waals surface area (Å²) in [5.41, 5.74) is 1.14. The van der Waals surface area contributed by atoms with Crippen LogP contribution < -0.4 is 9.47 Å². The fourth-order valence-electron chi connectivity index (χ4n) is 2.35. The molecular weight excluding hydrogens is 330 g/mol. The first-order valence-electron chi connectivity index (χ1n) is 8.33. The Labute approximate surface area is 152 Å². The molecule has 0 aliphatic carbocycles. The van der Waals surface area contributed by atoms with Gasteiger partial charge in [0.1, 0.15) is 23.7 Å². The molecule has 3 rings (SSSR count). The van der Waals surface area contributed by atoms with Gasteiger partial charge >= 0.3 is 5.97 Å². The van der Waals surface area contributed by atoms with E-state index in [-0.39, 0.29) is 12.5 Å². The van der Waals surface area contributed by atoms with E-state index in [0.717, 1.165) is 11.3 Å². The number of para-hydroxylation sites is 1. The minimum atomic E-state index is -0.476. The lowest BCUT2D eigenvalue weighted by Crippen LogP contribution is -2.09. The van der Waals surface area contributed by atoms with Gasteiger partial charge in [-0.3, -0.25) is 0 Å². The molecule has 5 heteroatoms. The van der Waals surface area contributed by atoms with Crippen LogP contribution in [0.15, 0.2) is 72.9 Å². The zero-order valence-corrected chi connectivity index (χ0v) is 14.4. The van der Waals surface area contributed by atoms with Crippen molar-refractivity contribution in [3.05, 3.63) is 84.1 Å². The van der Waals surface area contributed by atoms with Crippen molar-refractivity contribution in [3.63, 3.8) is 0 Å². The van der Waals surface area contributed by atoms with Crippen LogP contribution in [0.5, 0.6) is 17.4 Å². The summed E-state index contributed by atoms with van der Waals surface area (Å²) < 4.78 is 16.5. The Morgan fingerprint density at radius 1 is 0.962 bits per heavy atom. The molecular formula is C21H19NO4. The number of esters is 1. The Balaban J connectivity index is 1.65. The summed E-state index contributed by atoms with van der Waals surface area (Å²) in [6.45, 7) is 2.39. The zero-order chi connectivity index (χ0) is 18.2. The number of aromatic nitrogens is 1. The van der Waals surface area contributed by atoms with Crippen LogP contribution in [0, 0.1) is 0 Å². The van der Waals surface area contributed by atoms with Gasteiger partial charge in [0.05, 0.1) is 6.61 Å². The molecule has 0 amide bonds. The third-order valence-electron chi connectivity index (χ3n) is 3.52. The summed E-state index contributed by atoms with van der Waals surface area (Å²) in [6, 6.07) is 20.2. The average molecular weight is 349 g/mol. The van der Waals surface area contributed by atoms with Crippen molar-refractivity contribution >= 4 is 5.97 Å². The molecule has 0 radical (unpaired) electrons. The number of ether oxygens (including phenoxy) is 3. The number of pyridine rings is 1. The molecule has 0 atom stereocenters. The van der Waals surface area contributed by atoms with Crippen LogP contribution in [0.2, 0.25) is 0 Å². The molecule has 2 aromatic carbocycles. The van der Waals surface area contributed by atoms with Crippen LogP contribution in [0.4, 0.5) is 0 Å². The monoisotopic (exact) mass is 349 g/mol. The van der Waals surface area contributed by atoms with Crippen LogP contribution in [0.3, 0.4) is 0 Å². The molecule has 3 aromatic rings. The number of carbonyl (C=O) groups is 1. The molecule has 1 heterocycles. The molecule has 0 N–H and O–H groups in total. The van der Waals surface area contributed by atoms with Gasteiger partial charge in [0.25, 0.3) is 0 Å². The number of hydrogen-bond acceptors (Lipinski definition) is 5. The van der Waals surface area contributed by atoms with Crippen molar-refractivity contribution < 1.29 is 19.0 Å². The van der Waals surface area contributed by atoms with Gasteiger partial charge in [-0.05, 0) is 48.9 Å². The molecule has 0 fully saturated rings. The normalized spacial score (nSPS) is 10.2. The molecule has 26 heavy (non-hydrogen) atoms. The summed E-state index contributed by atoms with van der Waals surface area (Å²) in [4.78, 5) is 16.4. The lowest BCUT2D eigenvalue weighted by atomic mass is 10.2. The number of nitrogens with zero attached hydrogens (tertiary/aromatic N) is 1. The molecule has 0 aliphatic rings. The quantitative estimate of drug-likeness (QED) is 0.582. The lowest BCUT2D eigenvalue weighted by molar-refractivity contribution is 0.0467. The van der Waals surface area contributed by atoms with Gasteiger partial charge in [-0.2, -0.15) is 0 Å². The third kappa shape index (κ3) is 4.60. The predicted molar refractivity (Wildman–Crippen MR) is 97.5 cm³/mol. The summed E-state index contributed by atoms with van der Waals surface area (Å²) >= 11 is 0. The van der Waals surface area contributed by atoms with Gasteiger partial charge in [0.15, 0.2) is 0 Å². The second-order valence-electron chi connectivity index (χ2n) is 5.43. The molecule has 0 saturated heterocycles. The highest BCUT2D eigenvalue weighted by molar-refractivity contribution is 5.91. The lowest BCUT2D eigenvalue weighted by Gasteiger charge is -2.10. The van der Waals surface area contributed by atoms with Gasteiger partial charge < -0.3 is 14.2 Å². The minimum Gasteiger partial charge on any atom is -0.477 e. The highest BCUT2D eigenvalue weighted by Gasteiger charge is 2.15. The van der Waals surface area contributed by atoms with E-state index in [9.17, 15) is 4.79 Å². The van der Waals surface area contributed by atoms with E-state index in [1.807, 2.05) is 61.5 Å². The zero-order valence-electron chi connectivity index (χ0n) is 14.4. The Hall–Kier alpha value is -3.34. The highest BCUT2D eigenvalue weighted by Crippen LogP contribution is 2.22. The van der Waals surface area contributed by atoms with Crippen molar-refractivity contribution in [1.29, 1.82) is 0 Å².